The van der Waals surface area contributed by atoms with Crippen molar-refractivity contribution in [2.24, 2.45) is 0 Å². The normalized spacial score (nSPS) is 10.5. The Morgan fingerprint density at radius 3 is 2.74 bits per heavy atom. The van der Waals surface area contributed by atoms with Gasteiger partial charge in [0.2, 0.25) is 5.82 Å². The largest absolute Gasteiger partial charge is 0.497 e. The van der Waals surface area contributed by atoms with Gasteiger partial charge >= 0.3 is 5.97 Å². The molecule has 1 aromatic heterocycles. The summed E-state index contributed by atoms with van der Waals surface area (Å²) in [4.78, 5) is 16.3. The highest BCUT2D eigenvalue weighted by Crippen LogP contribution is 2.25. The molecule has 0 amide bonds. The van der Waals surface area contributed by atoms with Gasteiger partial charge in [0.25, 0.3) is 5.89 Å². The van der Waals surface area contributed by atoms with E-state index in [0.717, 1.165) is 0 Å². The summed E-state index contributed by atoms with van der Waals surface area (Å²) < 4.78 is 20.7. The number of esters is 1. The minimum absolute atomic E-state index is 0.0441. The number of hydrogen-bond donors (Lipinski definition) is 0. The standard InChI is InChI=1S/C19H17ClN2O5/c1-24-15-7-6-12(16(10-15)25-2)9-18(23)26-11-17-21-19(22-27-17)13-4-3-5-14(20)8-13/h3-8,10H,9,11H2,1-2H3. The zero-order chi connectivity index (χ0) is 19.2. The zero-order valence-corrected chi connectivity index (χ0v) is 15.5. The van der Waals surface area contributed by atoms with E-state index >= 15 is 0 Å². The number of halogens is 1. The molecule has 8 heteroatoms. The molecule has 0 aliphatic carbocycles. The topological polar surface area (TPSA) is 83.7 Å². The van der Waals surface area contributed by atoms with Crippen LogP contribution in [0.3, 0.4) is 0 Å². The van der Waals surface area contributed by atoms with Crippen LogP contribution in [0.4, 0.5) is 0 Å². The molecule has 2 aromatic carbocycles. The molecular weight excluding hydrogens is 372 g/mol. The minimum atomic E-state index is -0.444. The molecule has 0 radical (unpaired) electrons. The summed E-state index contributed by atoms with van der Waals surface area (Å²) in [6, 6.07) is 12.3. The molecule has 27 heavy (non-hydrogen) atoms. The first-order valence-corrected chi connectivity index (χ1v) is 8.42. The van der Waals surface area contributed by atoms with Crippen molar-refractivity contribution in [1.82, 2.24) is 10.1 Å². The van der Waals surface area contributed by atoms with Crippen molar-refractivity contribution in [2.75, 3.05) is 14.2 Å². The lowest BCUT2D eigenvalue weighted by Crippen LogP contribution is -2.09. The van der Waals surface area contributed by atoms with Crippen molar-refractivity contribution >= 4 is 17.6 Å². The van der Waals surface area contributed by atoms with E-state index in [-0.39, 0.29) is 18.9 Å². The van der Waals surface area contributed by atoms with Crippen molar-refractivity contribution < 1.29 is 23.5 Å². The van der Waals surface area contributed by atoms with E-state index in [1.54, 1.807) is 43.5 Å². The van der Waals surface area contributed by atoms with E-state index in [1.165, 1.54) is 7.11 Å². The molecular formula is C19H17ClN2O5. The second-order valence-corrected chi connectivity index (χ2v) is 5.97. The lowest BCUT2D eigenvalue weighted by molar-refractivity contribution is -0.144. The van der Waals surface area contributed by atoms with Crippen LogP contribution in [-0.2, 0) is 22.6 Å². The number of carbonyl (C=O) groups is 1. The van der Waals surface area contributed by atoms with E-state index in [4.69, 9.17) is 30.3 Å². The quantitative estimate of drug-likeness (QED) is 0.570. The Kier molecular flexibility index (Phi) is 5.93. The van der Waals surface area contributed by atoms with Gasteiger partial charge in [-0.2, -0.15) is 4.98 Å². The Balaban J connectivity index is 1.60. The summed E-state index contributed by atoms with van der Waals surface area (Å²) >= 11 is 5.95. The molecule has 0 fully saturated rings. The summed E-state index contributed by atoms with van der Waals surface area (Å²) in [5.74, 6) is 1.32. The molecule has 3 rings (SSSR count). The first kappa shape index (κ1) is 18.7. The molecule has 0 unspecified atom stereocenters. The van der Waals surface area contributed by atoms with Crippen LogP contribution in [0.1, 0.15) is 11.5 Å². The number of rotatable bonds is 7. The second kappa shape index (κ2) is 8.55. The molecule has 140 valence electrons. The van der Waals surface area contributed by atoms with Crippen LogP contribution in [0.2, 0.25) is 5.02 Å². The monoisotopic (exact) mass is 388 g/mol. The van der Waals surface area contributed by atoms with Crippen molar-refractivity contribution in [3.05, 3.63) is 58.9 Å². The maximum Gasteiger partial charge on any atom is 0.310 e. The molecule has 0 aliphatic heterocycles. The Morgan fingerprint density at radius 2 is 2.00 bits per heavy atom. The van der Waals surface area contributed by atoms with E-state index < -0.39 is 5.97 Å². The highest BCUT2D eigenvalue weighted by atomic mass is 35.5. The lowest BCUT2D eigenvalue weighted by Gasteiger charge is -2.09. The van der Waals surface area contributed by atoms with Gasteiger partial charge in [-0.3, -0.25) is 4.79 Å². The van der Waals surface area contributed by atoms with Crippen LogP contribution in [0.25, 0.3) is 11.4 Å². The minimum Gasteiger partial charge on any atom is -0.497 e. The SMILES string of the molecule is COc1ccc(CC(=O)OCc2nc(-c3cccc(Cl)c3)no2)c(OC)c1. The van der Waals surface area contributed by atoms with Gasteiger partial charge in [0.15, 0.2) is 6.61 Å². The number of ether oxygens (including phenoxy) is 3. The summed E-state index contributed by atoms with van der Waals surface area (Å²) in [7, 11) is 3.09. The smallest absolute Gasteiger partial charge is 0.310 e. The van der Waals surface area contributed by atoms with Gasteiger partial charge in [0.1, 0.15) is 11.5 Å². The number of carbonyl (C=O) groups excluding carboxylic acids is 1. The Bertz CT molecular complexity index is 941. The average molecular weight is 389 g/mol. The third-order valence-electron chi connectivity index (χ3n) is 3.74. The Morgan fingerprint density at radius 1 is 1.15 bits per heavy atom. The first-order chi connectivity index (χ1) is 13.1. The highest BCUT2D eigenvalue weighted by Gasteiger charge is 2.14. The fourth-order valence-corrected chi connectivity index (χ4v) is 2.60. The molecule has 3 aromatic rings. The van der Waals surface area contributed by atoms with Gasteiger partial charge in [-0.05, 0) is 18.2 Å². The van der Waals surface area contributed by atoms with Crippen LogP contribution in [0, 0.1) is 0 Å². The Hall–Kier alpha value is -3.06. The van der Waals surface area contributed by atoms with E-state index in [0.29, 0.717) is 33.5 Å². The number of methoxy groups -OCH3 is 2. The maximum absolute atomic E-state index is 12.1. The van der Waals surface area contributed by atoms with Crippen LogP contribution in [0.5, 0.6) is 11.5 Å². The number of hydrogen-bond acceptors (Lipinski definition) is 7. The predicted octanol–water partition coefficient (Wildman–Crippen LogP) is 3.69. The van der Waals surface area contributed by atoms with Crippen molar-refractivity contribution in [1.29, 1.82) is 0 Å². The molecule has 0 bridgehead atoms. The third-order valence-corrected chi connectivity index (χ3v) is 3.97. The number of nitrogens with zero attached hydrogens (tertiary/aromatic N) is 2. The second-order valence-electron chi connectivity index (χ2n) is 5.54. The van der Waals surface area contributed by atoms with Crippen molar-refractivity contribution in [3.8, 4) is 22.9 Å². The summed E-state index contributed by atoms with van der Waals surface area (Å²) in [5, 5.41) is 4.43. The third kappa shape index (κ3) is 4.77. The summed E-state index contributed by atoms with van der Waals surface area (Å²) in [6.45, 7) is -0.120. The summed E-state index contributed by atoms with van der Waals surface area (Å²) in [6.07, 6.45) is 0.0441. The highest BCUT2D eigenvalue weighted by molar-refractivity contribution is 6.30. The molecule has 0 saturated heterocycles. The molecule has 7 nitrogen and oxygen atoms in total. The fourth-order valence-electron chi connectivity index (χ4n) is 2.40. The van der Waals surface area contributed by atoms with Gasteiger partial charge < -0.3 is 18.7 Å². The maximum atomic E-state index is 12.1. The molecule has 0 aliphatic rings. The lowest BCUT2D eigenvalue weighted by atomic mass is 10.1. The zero-order valence-electron chi connectivity index (χ0n) is 14.8. The summed E-state index contributed by atoms with van der Waals surface area (Å²) in [5.41, 5.74) is 1.40. The van der Waals surface area contributed by atoms with Crippen LogP contribution in [-0.4, -0.2) is 30.3 Å². The van der Waals surface area contributed by atoms with Gasteiger partial charge in [-0.15, -0.1) is 0 Å². The Labute approximate surface area is 160 Å². The van der Waals surface area contributed by atoms with Gasteiger partial charge in [0.05, 0.1) is 20.6 Å². The van der Waals surface area contributed by atoms with Gasteiger partial charge in [-0.1, -0.05) is 35.0 Å². The van der Waals surface area contributed by atoms with E-state index in [1.807, 2.05) is 6.07 Å². The molecule has 1 heterocycles. The van der Waals surface area contributed by atoms with Crippen molar-refractivity contribution in [3.63, 3.8) is 0 Å². The number of aromatic nitrogens is 2. The number of benzene rings is 2. The molecule has 0 saturated carbocycles. The predicted molar refractivity (Wildman–Crippen MR) is 97.8 cm³/mol. The van der Waals surface area contributed by atoms with Gasteiger partial charge in [0, 0.05) is 22.2 Å². The molecule has 0 spiro atoms. The average Bonchev–Trinajstić information content (AvgIpc) is 3.16. The molecule has 0 N–H and O–H groups in total. The van der Waals surface area contributed by atoms with Crippen LogP contribution in [0.15, 0.2) is 47.0 Å². The first-order valence-electron chi connectivity index (χ1n) is 8.04. The fraction of sp³-hybridized carbons (Fsp3) is 0.211. The van der Waals surface area contributed by atoms with Crippen molar-refractivity contribution in [2.45, 2.75) is 13.0 Å². The van der Waals surface area contributed by atoms with E-state index in [2.05, 4.69) is 10.1 Å². The van der Waals surface area contributed by atoms with Gasteiger partial charge in [-0.25, -0.2) is 0 Å². The van der Waals surface area contributed by atoms with E-state index in [9.17, 15) is 4.79 Å². The molecule has 0 atom stereocenters. The van der Waals surface area contributed by atoms with Crippen LogP contribution < -0.4 is 9.47 Å². The van der Waals surface area contributed by atoms with Crippen LogP contribution >= 0.6 is 11.6 Å².